The van der Waals surface area contributed by atoms with Crippen molar-refractivity contribution in [2.24, 2.45) is 0 Å². The number of ketones is 1. The third-order valence-corrected chi connectivity index (χ3v) is 4.27. The van der Waals surface area contributed by atoms with Crippen LogP contribution in [0, 0.1) is 0 Å². The molecule has 1 N–H and O–H groups in total. The number of aromatic amines is 1. The SMILES string of the molecule is O=C1c2ccccc2CC1c1nc2ccc(Cl)cc2[nH]c1=O. The molecule has 4 rings (SSSR count). The predicted octanol–water partition coefficient (Wildman–Crippen LogP) is 3.10. The number of hydrogen-bond acceptors (Lipinski definition) is 3. The number of H-pyrrole nitrogens is 1. The topological polar surface area (TPSA) is 62.8 Å². The molecule has 1 aromatic heterocycles. The Labute approximate surface area is 130 Å². The molecule has 3 aromatic rings. The lowest BCUT2D eigenvalue weighted by Crippen LogP contribution is -2.22. The van der Waals surface area contributed by atoms with Crippen LogP contribution < -0.4 is 5.56 Å². The van der Waals surface area contributed by atoms with Gasteiger partial charge in [-0.15, -0.1) is 0 Å². The highest BCUT2D eigenvalue weighted by molar-refractivity contribution is 6.31. The van der Waals surface area contributed by atoms with E-state index in [-0.39, 0.29) is 17.0 Å². The predicted molar refractivity (Wildman–Crippen MR) is 84.6 cm³/mol. The second kappa shape index (κ2) is 4.78. The lowest BCUT2D eigenvalue weighted by Gasteiger charge is -2.08. The van der Waals surface area contributed by atoms with Crippen molar-refractivity contribution in [3.63, 3.8) is 0 Å². The maximum Gasteiger partial charge on any atom is 0.270 e. The van der Waals surface area contributed by atoms with Gasteiger partial charge in [0.05, 0.1) is 17.0 Å². The molecule has 22 heavy (non-hydrogen) atoms. The molecule has 0 spiro atoms. The third-order valence-electron chi connectivity index (χ3n) is 4.03. The van der Waals surface area contributed by atoms with Gasteiger partial charge in [0, 0.05) is 10.6 Å². The standard InChI is InChI=1S/C17H11ClN2O2/c18-10-5-6-13-14(8-10)20-17(22)15(19-13)12-7-9-3-1-2-4-11(9)16(12)21/h1-6,8,12H,7H2,(H,20,22). The van der Waals surface area contributed by atoms with E-state index in [1.54, 1.807) is 24.3 Å². The third kappa shape index (κ3) is 1.96. The average molecular weight is 311 g/mol. The minimum atomic E-state index is -0.513. The Morgan fingerprint density at radius 2 is 1.95 bits per heavy atom. The van der Waals surface area contributed by atoms with E-state index in [9.17, 15) is 9.59 Å². The van der Waals surface area contributed by atoms with E-state index in [2.05, 4.69) is 9.97 Å². The van der Waals surface area contributed by atoms with Crippen molar-refractivity contribution in [1.82, 2.24) is 9.97 Å². The quantitative estimate of drug-likeness (QED) is 0.751. The molecule has 0 aliphatic heterocycles. The zero-order valence-corrected chi connectivity index (χ0v) is 12.2. The van der Waals surface area contributed by atoms with Gasteiger partial charge < -0.3 is 4.98 Å². The average Bonchev–Trinajstić information content (AvgIpc) is 2.84. The van der Waals surface area contributed by atoms with Crippen LogP contribution in [0.4, 0.5) is 0 Å². The van der Waals surface area contributed by atoms with E-state index in [0.29, 0.717) is 28.0 Å². The molecule has 0 radical (unpaired) electrons. The van der Waals surface area contributed by atoms with Gasteiger partial charge >= 0.3 is 0 Å². The van der Waals surface area contributed by atoms with Crippen LogP contribution in [0.15, 0.2) is 47.3 Å². The van der Waals surface area contributed by atoms with Crippen LogP contribution in [0.5, 0.6) is 0 Å². The minimum absolute atomic E-state index is 0.0399. The monoisotopic (exact) mass is 310 g/mol. The summed E-state index contributed by atoms with van der Waals surface area (Å²) in [7, 11) is 0. The summed E-state index contributed by atoms with van der Waals surface area (Å²) in [6, 6.07) is 12.6. The lowest BCUT2D eigenvalue weighted by atomic mass is 10.0. The van der Waals surface area contributed by atoms with E-state index in [0.717, 1.165) is 5.56 Å². The van der Waals surface area contributed by atoms with Crippen LogP contribution in [-0.2, 0) is 6.42 Å². The molecule has 1 aliphatic rings. The van der Waals surface area contributed by atoms with Crippen molar-refractivity contribution < 1.29 is 4.79 Å². The van der Waals surface area contributed by atoms with Crippen molar-refractivity contribution in [1.29, 1.82) is 0 Å². The normalized spacial score (nSPS) is 17.0. The first-order chi connectivity index (χ1) is 10.6. The fraction of sp³-hybridized carbons (Fsp3) is 0.118. The van der Waals surface area contributed by atoms with E-state index in [1.165, 1.54) is 0 Å². The van der Waals surface area contributed by atoms with E-state index in [4.69, 9.17) is 11.6 Å². The molecular weight excluding hydrogens is 300 g/mol. The Morgan fingerprint density at radius 1 is 1.14 bits per heavy atom. The maximum atomic E-state index is 12.5. The minimum Gasteiger partial charge on any atom is -0.319 e. The van der Waals surface area contributed by atoms with Crippen LogP contribution in [0.1, 0.15) is 27.5 Å². The van der Waals surface area contributed by atoms with Crippen molar-refractivity contribution in [2.75, 3.05) is 0 Å². The summed E-state index contributed by atoms with van der Waals surface area (Å²) in [5.74, 6) is -0.553. The van der Waals surface area contributed by atoms with Crippen molar-refractivity contribution >= 4 is 28.4 Å². The molecule has 4 nitrogen and oxygen atoms in total. The molecule has 0 amide bonds. The molecule has 0 fully saturated rings. The number of fused-ring (bicyclic) bond motifs is 2. The summed E-state index contributed by atoms with van der Waals surface area (Å²) >= 11 is 5.92. The van der Waals surface area contributed by atoms with Crippen LogP contribution >= 0.6 is 11.6 Å². The van der Waals surface area contributed by atoms with Crippen LogP contribution in [0.2, 0.25) is 5.02 Å². The number of nitrogens with zero attached hydrogens (tertiary/aromatic N) is 1. The molecule has 0 bridgehead atoms. The fourth-order valence-electron chi connectivity index (χ4n) is 2.97. The first-order valence-corrected chi connectivity index (χ1v) is 7.33. The Balaban J connectivity index is 1.86. The lowest BCUT2D eigenvalue weighted by molar-refractivity contribution is 0.0971. The Bertz CT molecular complexity index is 978. The first kappa shape index (κ1) is 13.2. The molecule has 0 saturated heterocycles. The Kier molecular flexibility index (Phi) is 2.87. The fourth-order valence-corrected chi connectivity index (χ4v) is 3.14. The number of aromatic nitrogens is 2. The molecular formula is C17H11ClN2O2. The van der Waals surface area contributed by atoms with Crippen LogP contribution in [-0.4, -0.2) is 15.8 Å². The van der Waals surface area contributed by atoms with Gasteiger partial charge in [-0.2, -0.15) is 0 Å². The van der Waals surface area contributed by atoms with Crippen molar-refractivity contribution in [3.8, 4) is 0 Å². The summed E-state index contributed by atoms with van der Waals surface area (Å²) in [5, 5.41) is 0.530. The van der Waals surface area contributed by atoms with Crippen LogP contribution in [0.3, 0.4) is 0 Å². The molecule has 5 heteroatoms. The van der Waals surface area contributed by atoms with Crippen molar-refractivity contribution in [2.45, 2.75) is 12.3 Å². The molecule has 1 unspecified atom stereocenters. The summed E-state index contributed by atoms with van der Waals surface area (Å²) in [6.45, 7) is 0. The summed E-state index contributed by atoms with van der Waals surface area (Å²) in [5.41, 5.74) is 2.80. The second-order valence-corrected chi connectivity index (χ2v) is 5.83. The molecule has 108 valence electrons. The molecule has 1 heterocycles. The number of Topliss-reactive ketones (excluding diaryl/α,β-unsaturated/α-hetero) is 1. The Hall–Kier alpha value is -2.46. The zero-order valence-electron chi connectivity index (χ0n) is 11.5. The maximum absolute atomic E-state index is 12.5. The number of rotatable bonds is 1. The number of carbonyl (C=O) groups is 1. The first-order valence-electron chi connectivity index (χ1n) is 6.95. The Morgan fingerprint density at radius 3 is 2.77 bits per heavy atom. The smallest absolute Gasteiger partial charge is 0.270 e. The molecule has 1 aliphatic carbocycles. The summed E-state index contributed by atoms with van der Waals surface area (Å²) < 4.78 is 0. The molecule has 0 saturated carbocycles. The summed E-state index contributed by atoms with van der Waals surface area (Å²) in [6.07, 6.45) is 0.518. The number of nitrogens with one attached hydrogen (secondary N) is 1. The summed E-state index contributed by atoms with van der Waals surface area (Å²) in [4.78, 5) is 32.0. The molecule has 1 atom stereocenters. The second-order valence-electron chi connectivity index (χ2n) is 5.39. The van der Waals surface area contributed by atoms with E-state index < -0.39 is 5.92 Å². The van der Waals surface area contributed by atoms with Gasteiger partial charge in [0.1, 0.15) is 5.69 Å². The number of benzene rings is 2. The highest BCUT2D eigenvalue weighted by Crippen LogP contribution is 2.32. The van der Waals surface area contributed by atoms with E-state index >= 15 is 0 Å². The van der Waals surface area contributed by atoms with Crippen LogP contribution in [0.25, 0.3) is 11.0 Å². The van der Waals surface area contributed by atoms with Gasteiger partial charge in [-0.25, -0.2) is 4.98 Å². The van der Waals surface area contributed by atoms with Gasteiger partial charge in [-0.1, -0.05) is 35.9 Å². The number of hydrogen-bond donors (Lipinski definition) is 1. The van der Waals surface area contributed by atoms with Gasteiger partial charge in [-0.3, -0.25) is 9.59 Å². The van der Waals surface area contributed by atoms with Gasteiger partial charge in [0.2, 0.25) is 0 Å². The van der Waals surface area contributed by atoms with Gasteiger partial charge in [0.15, 0.2) is 5.78 Å². The van der Waals surface area contributed by atoms with Gasteiger partial charge in [-0.05, 0) is 30.2 Å². The van der Waals surface area contributed by atoms with Gasteiger partial charge in [0.25, 0.3) is 5.56 Å². The highest BCUT2D eigenvalue weighted by atomic mass is 35.5. The van der Waals surface area contributed by atoms with Crippen molar-refractivity contribution in [3.05, 3.63) is 74.7 Å². The zero-order chi connectivity index (χ0) is 15.3. The largest absolute Gasteiger partial charge is 0.319 e. The number of halogens is 1. The molecule has 2 aromatic carbocycles. The highest BCUT2D eigenvalue weighted by Gasteiger charge is 2.34. The van der Waals surface area contributed by atoms with E-state index in [1.807, 2.05) is 18.2 Å². The number of carbonyl (C=O) groups excluding carboxylic acids is 1.